The molecule has 0 fully saturated rings. The zero-order valence-corrected chi connectivity index (χ0v) is 11.9. The SMILES string of the molecule is Cc1ccc(C(=O)N2C(=O)[C@H](C)Oc3ccccc32)cc1. The average Bonchev–Trinajstić information content (AvgIpc) is 2.49. The van der Waals surface area contributed by atoms with Crippen LogP contribution in [0.3, 0.4) is 0 Å². The standard InChI is InChI=1S/C17H15NO3/c1-11-7-9-13(10-8-11)17(20)18-14-5-3-4-6-15(14)21-12(2)16(18)19/h3-10,12H,1-2H3/t12-/m0/s1. The van der Waals surface area contributed by atoms with Gasteiger partial charge in [0.05, 0.1) is 5.69 Å². The van der Waals surface area contributed by atoms with Crippen LogP contribution >= 0.6 is 0 Å². The van der Waals surface area contributed by atoms with Crippen LogP contribution in [0.1, 0.15) is 22.8 Å². The summed E-state index contributed by atoms with van der Waals surface area (Å²) < 4.78 is 5.54. The number of para-hydroxylation sites is 2. The number of hydrogen-bond acceptors (Lipinski definition) is 3. The first-order valence-electron chi connectivity index (χ1n) is 6.78. The number of imide groups is 1. The number of aryl methyl sites for hydroxylation is 1. The highest BCUT2D eigenvalue weighted by Gasteiger charge is 2.35. The van der Waals surface area contributed by atoms with Crippen molar-refractivity contribution in [1.29, 1.82) is 0 Å². The Hall–Kier alpha value is -2.62. The van der Waals surface area contributed by atoms with Gasteiger partial charge in [0, 0.05) is 5.56 Å². The van der Waals surface area contributed by atoms with Gasteiger partial charge in [-0.15, -0.1) is 0 Å². The van der Waals surface area contributed by atoms with Gasteiger partial charge in [-0.2, -0.15) is 0 Å². The Morgan fingerprint density at radius 2 is 1.76 bits per heavy atom. The van der Waals surface area contributed by atoms with E-state index in [1.165, 1.54) is 4.90 Å². The second kappa shape index (κ2) is 5.05. The molecule has 0 N–H and O–H groups in total. The topological polar surface area (TPSA) is 46.6 Å². The van der Waals surface area contributed by atoms with Crippen LogP contribution in [0.5, 0.6) is 5.75 Å². The van der Waals surface area contributed by atoms with Crippen LogP contribution in [0.25, 0.3) is 0 Å². The van der Waals surface area contributed by atoms with E-state index in [1.807, 2.05) is 25.1 Å². The van der Waals surface area contributed by atoms with Crippen molar-refractivity contribution in [2.24, 2.45) is 0 Å². The highest BCUT2D eigenvalue weighted by atomic mass is 16.5. The summed E-state index contributed by atoms with van der Waals surface area (Å²) >= 11 is 0. The van der Waals surface area contributed by atoms with Gasteiger partial charge < -0.3 is 4.74 Å². The second-order valence-electron chi connectivity index (χ2n) is 5.07. The van der Waals surface area contributed by atoms with Crippen molar-refractivity contribution in [1.82, 2.24) is 0 Å². The maximum absolute atomic E-state index is 12.7. The lowest BCUT2D eigenvalue weighted by Gasteiger charge is -2.31. The van der Waals surface area contributed by atoms with Crippen LogP contribution in [-0.2, 0) is 4.79 Å². The van der Waals surface area contributed by atoms with Crippen LogP contribution < -0.4 is 9.64 Å². The van der Waals surface area contributed by atoms with E-state index in [4.69, 9.17) is 4.74 Å². The van der Waals surface area contributed by atoms with E-state index in [0.717, 1.165) is 5.56 Å². The molecular weight excluding hydrogens is 266 g/mol. The molecule has 3 rings (SSSR count). The predicted octanol–water partition coefficient (Wildman–Crippen LogP) is 2.95. The zero-order valence-electron chi connectivity index (χ0n) is 11.9. The van der Waals surface area contributed by atoms with Crippen LogP contribution in [0, 0.1) is 6.92 Å². The highest BCUT2D eigenvalue weighted by Crippen LogP contribution is 2.34. The molecule has 0 unspecified atom stereocenters. The smallest absolute Gasteiger partial charge is 0.274 e. The van der Waals surface area contributed by atoms with Gasteiger partial charge >= 0.3 is 0 Å². The molecule has 0 saturated heterocycles. The molecule has 1 heterocycles. The lowest BCUT2D eigenvalue weighted by Crippen LogP contribution is -2.47. The summed E-state index contributed by atoms with van der Waals surface area (Å²) in [5, 5.41) is 0. The van der Waals surface area contributed by atoms with E-state index in [-0.39, 0.29) is 11.8 Å². The van der Waals surface area contributed by atoms with Gasteiger partial charge in [0.25, 0.3) is 11.8 Å². The van der Waals surface area contributed by atoms with E-state index in [1.54, 1.807) is 37.3 Å². The first kappa shape index (κ1) is 13.4. The lowest BCUT2D eigenvalue weighted by molar-refractivity contribution is -0.124. The number of rotatable bonds is 1. The monoisotopic (exact) mass is 281 g/mol. The number of ether oxygens (including phenoxy) is 1. The lowest BCUT2D eigenvalue weighted by atomic mass is 10.1. The molecule has 2 aromatic rings. The van der Waals surface area contributed by atoms with Gasteiger partial charge in [0.1, 0.15) is 5.75 Å². The molecule has 1 aliphatic heterocycles. The molecule has 4 heteroatoms. The molecule has 21 heavy (non-hydrogen) atoms. The molecule has 4 nitrogen and oxygen atoms in total. The Morgan fingerprint density at radius 3 is 2.48 bits per heavy atom. The van der Waals surface area contributed by atoms with Crippen molar-refractivity contribution in [2.45, 2.75) is 20.0 Å². The predicted molar refractivity (Wildman–Crippen MR) is 79.5 cm³/mol. The molecule has 0 aromatic heterocycles. The first-order chi connectivity index (χ1) is 10.1. The number of carbonyl (C=O) groups excluding carboxylic acids is 2. The average molecular weight is 281 g/mol. The molecule has 0 bridgehead atoms. The van der Waals surface area contributed by atoms with Gasteiger partial charge in [0.15, 0.2) is 6.10 Å². The fourth-order valence-corrected chi connectivity index (χ4v) is 2.32. The number of anilines is 1. The van der Waals surface area contributed by atoms with Gasteiger partial charge in [-0.25, -0.2) is 4.90 Å². The molecular formula is C17H15NO3. The van der Waals surface area contributed by atoms with Crippen molar-refractivity contribution in [3.8, 4) is 5.75 Å². The van der Waals surface area contributed by atoms with Gasteiger partial charge in [-0.05, 0) is 38.1 Å². The third kappa shape index (κ3) is 2.29. The highest BCUT2D eigenvalue weighted by molar-refractivity contribution is 6.23. The molecule has 0 radical (unpaired) electrons. The third-order valence-electron chi connectivity index (χ3n) is 3.48. The van der Waals surface area contributed by atoms with E-state index in [9.17, 15) is 9.59 Å². The molecule has 1 atom stereocenters. The number of benzene rings is 2. The molecule has 106 valence electrons. The Bertz CT molecular complexity index is 706. The number of carbonyl (C=O) groups is 2. The Labute approximate surface area is 123 Å². The quantitative estimate of drug-likeness (QED) is 0.755. The summed E-state index contributed by atoms with van der Waals surface area (Å²) in [7, 11) is 0. The van der Waals surface area contributed by atoms with Crippen LogP contribution in [0.2, 0.25) is 0 Å². The molecule has 2 aromatic carbocycles. The van der Waals surface area contributed by atoms with Crippen LogP contribution in [0.15, 0.2) is 48.5 Å². The van der Waals surface area contributed by atoms with E-state index in [0.29, 0.717) is 17.0 Å². The van der Waals surface area contributed by atoms with Crippen LogP contribution in [-0.4, -0.2) is 17.9 Å². The number of fused-ring (bicyclic) bond motifs is 1. The summed E-state index contributed by atoms with van der Waals surface area (Å²) in [4.78, 5) is 26.2. The van der Waals surface area contributed by atoms with Gasteiger partial charge in [-0.1, -0.05) is 29.8 Å². The van der Waals surface area contributed by atoms with Gasteiger partial charge in [-0.3, -0.25) is 9.59 Å². The fraction of sp³-hybridized carbons (Fsp3) is 0.176. The van der Waals surface area contributed by atoms with Crippen molar-refractivity contribution >= 4 is 17.5 Å². The summed E-state index contributed by atoms with van der Waals surface area (Å²) in [6, 6.07) is 14.2. The summed E-state index contributed by atoms with van der Waals surface area (Å²) in [5.41, 5.74) is 2.04. The Morgan fingerprint density at radius 1 is 1.10 bits per heavy atom. The summed E-state index contributed by atoms with van der Waals surface area (Å²) in [5.74, 6) is -0.132. The van der Waals surface area contributed by atoms with E-state index < -0.39 is 6.10 Å². The number of hydrogen-bond donors (Lipinski definition) is 0. The molecule has 2 amide bonds. The fourth-order valence-electron chi connectivity index (χ4n) is 2.32. The largest absolute Gasteiger partial charge is 0.479 e. The minimum atomic E-state index is -0.672. The van der Waals surface area contributed by atoms with Crippen molar-refractivity contribution in [3.05, 3.63) is 59.7 Å². The van der Waals surface area contributed by atoms with Crippen molar-refractivity contribution < 1.29 is 14.3 Å². The van der Waals surface area contributed by atoms with Crippen molar-refractivity contribution in [3.63, 3.8) is 0 Å². The summed E-state index contributed by atoms with van der Waals surface area (Å²) in [6.45, 7) is 3.60. The minimum absolute atomic E-state index is 0.331. The Kier molecular flexibility index (Phi) is 3.22. The van der Waals surface area contributed by atoms with E-state index in [2.05, 4.69) is 0 Å². The van der Waals surface area contributed by atoms with Crippen LogP contribution in [0.4, 0.5) is 5.69 Å². The first-order valence-corrected chi connectivity index (χ1v) is 6.78. The normalized spacial score (nSPS) is 17.1. The number of amides is 2. The second-order valence-corrected chi connectivity index (χ2v) is 5.07. The molecule has 0 spiro atoms. The minimum Gasteiger partial charge on any atom is -0.479 e. The Balaban J connectivity index is 2.05. The maximum Gasteiger partial charge on any atom is 0.274 e. The number of nitrogens with zero attached hydrogens (tertiary/aromatic N) is 1. The van der Waals surface area contributed by atoms with Gasteiger partial charge in [0.2, 0.25) is 0 Å². The maximum atomic E-state index is 12.7. The van der Waals surface area contributed by atoms with Crippen molar-refractivity contribution in [2.75, 3.05) is 4.90 Å². The summed E-state index contributed by atoms with van der Waals surface area (Å²) in [6.07, 6.45) is -0.672. The molecule has 0 saturated carbocycles. The van der Waals surface area contributed by atoms with E-state index >= 15 is 0 Å². The zero-order chi connectivity index (χ0) is 15.0. The third-order valence-corrected chi connectivity index (χ3v) is 3.48. The molecule has 1 aliphatic rings. The molecule has 0 aliphatic carbocycles.